The summed E-state index contributed by atoms with van der Waals surface area (Å²) >= 11 is 5.87. The summed E-state index contributed by atoms with van der Waals surface area (Å²) < 4.78 is 18.3. The first kappa shape index (κ1) is 20.1. The minimum absolute atomic E-state index is 0.239. The zero-order valence-corrected chi connectivity index (χ0v) is 16.8. The number of hydrogen-bond donors (Lipinski definition) is 0. The zero-order chi connectivity index (χ0) is 21.1. The number of fused-ring (bicyclic) bond motifs is 1. The number of benzene rings is 2. The summed E-state index contributed by atoms with van der Waals surface area (Å²) in [5, 5.41) is 1.14. The highest BCUT2D eigenvalue weighted by molar-refractivity contribution is 6.29. The van der Waals surface area contributed by atoms with Gasteiger partial charge >= 0.3 is 5.97 Å². The van der Waals surface area contributed by atoms with E-state index in [-0.39, 0.29) is 18.3 Å². The molecular weight excluding hydrogens is 409 g/mol. The number of nitrogens with zero attached hydrogens (tertiary/aromatic N) is 3. The van der Waals surface area contributed by atoms with Crippen molar-refractivity contribution in [3.8, 4) is 0 Å². The largest absolute Gasteiger partial charge is 0.452 e. The van der Waals surface area contributed by atoms with Crippen LogP contribution in [0, 0.1) is 5.82 Å². The topological polar surface area (TPSA) is 62.7 Å². The maximum Gasteiger partial charge on any atom is 0.338 e. The fourth-order valence-electron chi connectivity index (χ4n) is 3.40. The molecule has 154 valence electrons. The number of pyridine rings is 1. The van der Waals surface area contributed by atoms with Gasteiger partial charge < -0.3 is 14.5 Å². The van der Waals surface area contributed by atoms with Crippen molar-refractivity contribution in [1.82, 2.24) is 9.88 Å². The first-order chi connectivity index (χ1) is 14.5. The van der Waals surface area contributed by atoms with Gasteiger partial charge in [-0.15, -0.1) is 0 Å². The third kappa shape index (κ3) is 4.52. The molecule has 0 spiro atoms. The highest BCUT2D eigenvalue weighted by atomic mass is 35.5. The van der Waals surface area contributed by atoms with E-state index in [1.807, 2.05) is 0 Å². The van der Waals surface area contributed by atoms with Crippen LogP contribution in [0.2, 0.25) is 5.15 Å². The van der Waals surface area contributed by atoms with Crippen molar-refractivity contribution < 1.29 is 18.7 Å². The third-order valence-electron chi connectivity index (χ3n) is 5.04. The lowest BCUT2D eigenvalue weighted by atomic mass is 10.1. The number of carbonyl (C=O) groups excluding carboxylic acids is 2. The molecule has 30 heavy (non-hydrogen) atoms. The number of anilines is 1. The Morgan fingerprint density at radius 2 is 1.73 bits per heavy atom. The molecule has 0 saturated carbocycles. The summed E-state index contributed by atoms with van der Waals surface area (Å²) in [6, 6.07) is 14.7. The number of halogens is 2. The number of esters is 1. The minimum atomic E-state index is -0.565. The van der Waals surface area contributed by atoms with Crippen molar-refractivity contribution in [3.63, 3.8) is 0 Å². The average molecular weight is 428 g/mol. The van der Waals surface area contributed by atoms with Crippen LogP contribution in [-0.2, 0) is 9.53 Å². The minimum Gasteiger partial charge on any atom is -0.452 e. The Labute approximate surface area is 177 Å². The van der Waals surface area contributed by atoms with Gasteiger partial charge in [0.05, 0.1) is 11.1 Å². The maximum absolute atomic E-state index is 13.1. The second kappa shape index (κ2) is 8.67. The molecule has 0 bridgehead atoms. The van der Waals surface area contributed by atoms with Crippen molar-refractivity contribution in [2.45, 2.75) is 0 Å². The third-order valence-corrected chi connectivity index (χ3v) is 5.25. The molecule has 0 atom stereocenters. The van der Waals surface area contributed by atoms with Gasteiger partial charge in [-0.05, 0) is 54.6 Å². The van der Waals surface area contributed by atoms with E-state index >= 15 is 0 Å². The van der Waals surface area contributed by atoms with E-state index in [1.165, 1.54) is 12.1 Å². The van der Waals surface area contributed by atoms with Crippen molar-refractivity contribution in [2.24, 2.45) is 0 Å². The van der Waals surface area contributed by atoms with Crippen LogP contribution >= 0.6 is 11.6 Å². The van der Waals surface area contributed by atoms with Crippen LogP contribution < -0.4 is 4.90 Å². The molecular formula is C22H19ClFN3O3. The average Bonchev–Trinajstić information content (AvgIpc) is 2.77. The summed E-state index contributed by atoms with van der Waals surface area (Å²) in [4.78, 5) is 32.7. The van der Waals surface area contributed by atoms with Gasteiger partial charge in [0.2, 0.25) is 0 Å². The fourth-order valence-corrected chi connectivity index (χ4v) is 3.55. The highest BCUT2D eigenvalue weighted by Gasteiger charge is 2.22. The van der Waals surface area contributed by atoms with E-state index in [0.29, 0.717) is 42.4 Å². The standard InChI is InChI=1S/C22H19ClFN3O3/c23-20-8-2-15-13-16(1-7-19(15)25-20)22(29)30-14-21(28)27-11-9-26(10-12-27)18-5-3-17(24)4-6-18/h1-8,13H,9-12,14H2. The number of amides is 1. The van der Waals surface area contributed by atoms with Gasteiger partial charge in [0, 0.05) is 37.3 Å². The molecule has 1 amide bonds. The molecule has 0 unspecified atom stereocenters. The lowest BCUT2D eigenvalue weighted by Crippen LogP contribution is -2.49. The van der Waals surface area contributed by atoms with Crippen LogP contribution in [0.4, 0.5) is 10.1 Å². The summed E-state index contributed by atoms with van der Waals surface area (Å²) in [6.07, 6.45) is 0. The number of piperazine rings is 1. The normalized spacial score (nSPS) is 14.1. The Hall–Kier alpha value is -3.19. The van der Waals surface area contributed by atoms with E-state index in [1.54, 1.807) is 47.4 Å². The number of ether oxygens (including phenoxy) is 1. The molecule has 1 fully saturated rings. The van der Waals surface area contributed by atoms with Crippen LogP contribution in [0.25, 0.3) is 10.9 Å². The lowest BCUT2D eigenvalue weighted by molar-refractivity contribution is -0.134. The lowest BCUT2D eigenvalue weighted by Gasteiger charge is -2.36. The summed E-state index contributed by atoms with van der Waals surface area (Å²) in [5.41, 5.74) is 1.94. The summed E-state index contributed by atoms with van der Waals surface area (Å²) in [6.45, 7) is 1.97. The fraction of sp³-hybridized carbons (Fsp3) is 0.227. The molecule has 1 saturated heterocycles. The first-order valence-corrected chi connectivity index (χ1v) is 9.89. The monoisotopic (exact) mass is 427 g/mol. The van der Waals surface area contributed by atoms with Gasteiger partial charge in [0.25, 0.3) is 5.91 Å². The smallest absolute Gasteiger partial charge is 0.338 e. The molecule has 1 aliphatic rings. The maximum atomic E-state index is 13.1. The predicted molar refractivity (Wildman–Crippen MR) is 112 cm³/mol. The number of aromatic nitrogens is 1. The SMILES string of the molecule is O=C(OCC(=O)N1CCN(c2ccc(F)cc2)CC1)c1ccc2nc(Cl)ccc2c1. The van der Waals surface area contributed by atoms with Crippen molar-refractivity contribution in [1.29, 1.82) is 0 Å². The van der Waals surface area contributed by atoms with Gasteiger partial charge in [-0.2, -0.15) is 0 Å². The molecule has 2 aromatic carbocycles. The Bertz CT molecular complexity index is 1080. The number of hydrogen-bond acceptors (Lipinski definition) is 5. The van der Waals surface area contributed by atoms with E-state index in [2.05, 4.69) is 9.88 Å². The van der Waals surface area contributed by atoms with Crippen LogP contribution in [0.5, 0.6) is 0 Å². The van der Waals surface area contributed by atoms with Crippen LogP contribution in [0.15, 0.2) is 54.6 Å². The first-order valence-electron chi connectivity index (χ1n) is 9.51. The summed E-state index contributed by atoms with van der Waals surface area (Å²) in [5.74, 6) is -1.08. The Balaban J connectivity index is 1.30. The molecule has 3 aromatic rings. The van der Waals surface area contributed by atoms with Gasteiger partial charge in [0.1, 0.15) is 11.0 Å². The second-order valence-corrected chi connectivity index (χ2v) is 7.35. The molecule has 2 heterocycles. The quantitative estimate of drug-likeness (QED) is 0.471. The van der Waals surface area contributed by atoms with Crippen molar-refractivity contribution >= 4 is 40.1 Å². The van der Waals surface area contributed by atoms with E-state index in [0.717, 1.165) is 11.1 Å². The van der Waals surface area contributed by atoms with Crippen molar-refractivity contribution in [2.75, 3.05) is 37.7 Å². The van der Waals surface area contributed by atoms with E-state index in [9.17, 15) is 14.0 Å². The second-order valence-electron chi connectivity index (χ2n) is 6.96. The highest BCUT2D eigenvalue weighted by Crippen LogP contribution is 2.19. The van der Waals surface area contributed by atoms with Gasteiger partial charge in [-0.25, -0.2) is 14.2 Å². The molecule has 6 nitrogen and oxygen atoms in total. The Kier molecular flexibility index (Phi) is 5.81. The number of rotatable bonds is 4. The van der Waals surface area contributed by atoms with Crippen LogP contribution in [0.1, 0.15) is 10.4 Å². The molecule has 0 N–H and O–H groups in total. The predicted octanol–water partition coefficient (Wildman–Crippen LogP) is 3.53. The van der Waals surface area contributed by atoms with Gasteiger partial charge in [0.15, 0.2) is 6.61 Å². The van der Waals surface area contributed by atoms with Crippen LogP contribution in [-0.4, -0.2) is 54.5 Å². The molecule has 0 radical (unpaired) electrons. The van der Waals surface area contributed by atoms with Gasteiger partial charge in [-0.1, -0.05) is 11.6 Å². The molecule has 4 rings (SSSR count). The van der Waals surface area contributed by atoms with E-state index < -0.39 is 5.97 Å². The van der Waals surface area contributed by atoms with Crippen LogP contribution in [0.3, 0.4) is 0 Å². The summed E-state index contributed by atoms with van der Waals surface area (Å²) in [7, 11) is 0. The number of carbonyl (C=O) groups is 2. The molecule has 0 aliphatic carbocycles. The van der Waals surface area contributed by atoms with Crippen molar-refractivity contribution in [3.05, 3.63) is 71.1 Å². The molecule has 8 heteroatoms. The zero-order valence-electron chi connectivity index (χ0n) is 16.1. The molecule has 1 aliphatic heterocycles. The van der Waals surface area contributed by atoms with E-state index in [4.69, 9.17) is 16.3 Å². The molecule has 1 aromatic heterocycles. The van der Waals surface area contributed by atoms with Gasteiger partial charge in [-0.3, -0.25) is 4.79 Å². The Morgan fingerprint density at radius 3 is 2.47 bits per heavy atom. The Morgan fingerprint density at radius 1 is 1.00 bits per heavy atom.